The Kier molecular flexibility index (Phi) is 8.69. The highest BCUT2D eigenvalue weighted by Gasteiger charge is 2.39. The van der Waals surface area contributed by atoms with Gasteiger partial charge >= 0.3 is 6.03 Å². The van der Waals surface area contributed by atoms with Crippen molar-refractivity contribution in [2.24, 2.45) is 11.8 Å². The van der Waals surface area contributed by atoms with Gasteiger partial charge in [-0.25, -0.2) is 9.86 Å². The zero-order chi connectivity index (χ0) is 20.5. The molecule has 1 aliphatic carbocycles. The number of hydroxylamine groups is 2. The molecular weight excluding hydrogens is 364 g/mol. The minimum absolute atomic E-state index is 0.0827. The van der Waals surface area contributed by atoms with Gasteiger partial charge in [-0.3, -0.25) is 24.9 Å². The molecule has 28 heavy (non-hydrogen) atoms. The van der Waals surface area contributed by atoms with Crippen LogP contribution in [0.4, 0.5) is 4.79 Å². The molecule has 1 aliphatic heterocycles. The van der Waals surface area contributed by atoms with Crippen LogP contribution in [0.5, 0.6) is 0 Å². The summed E-state index contributed by atoms with van der Waals surface area (Å²) >= 11 is 0. The van der Waals surface area contributed by atoms with E-state index in [4.69, 9.17) is 0 Å². The van der Waals surface area contributed by atoms with E-state index < -0.39 is 23.9 Å². The largest absolute Gasteiger partial charge is 0.338 e. The third kappa shape index (κ3) is 6.19. The lowest BCUT2D eigenvalue weighted by molar-refractivity contribution is -0.158. The maximum Gasteiger partial charge on any atom is 0.321 e. The van der Waals surface area contributed by atoms with Gasteiger partial charge in [0.15, 0.2) is 0 Å². The maximum absolute atomic E-state index is 13.1. The average Bonchev–Trinajstić information content (AvgIpc) is 3.36. The molecule has 0 spiro atoms. The van der Waals surface area contributed by atoms with Crippen LogP contribution < -0.4 is 10.6 Å². The summed E-state index contributed by atoms with van der Waals surface area (Å²) in [6, 6.07) is -1.26. The summed E-state index contributed by atoms with van der Waals surface area (Å²) in [4.78, 5) is 49.8. The first kappa shape index (κ1) is 22.1. The zero-order valence-electron chi connectivity index (χ0n) is 16.6. The van der Waals surface area contributed by atoms with E-state index >= 15 is 0 Å². The first-order valence-corrected chi connectivity index (χ1v) is 10.3. The Hall–Kier alpha value is -2.16. The van der Waals surface area contributed by atoms with E-state index in [0.717, 1.165) is 32.1 Å². The highest BCUT2D eigenvalue weighted by Crippen LogP contribution is 2.32. The number of urea groups is 1. The zero-order valence-corrected chi connectivity index (χ0v) is 16.6. The molecule has 1 saturated carbocycles. The Morgan fingerprint density at radius 2 is 1.93 bits per heavy atom. The fourth-order valence-electron chi connectivity index (χ4n) is 4.19. The van der Waals surface area contributed by atoms with Crippen LogP contribution in [0.1, 0.15) is 58.3 Å². The molecule has 9 nitrogen and oxygen atoms in total. The SMILES string of the molecule is CCCNC(=O)NC(=O)[C@@H]1CCCN1C(=O)[C@H](CC1CCCC1)CN(O)C=O. The second-order valence-electron chi connectivity index (χ2n) is 7.75. The summed E-state index contributed by atoms with van der Waals surface area (Å²) in [5.74, 6) is -0.890. The lowest BCUT2D eigenvalue weighted by Crippen LogP contribution is -2.52. The molecule has 2 rings (SSSR count). The molecule has 0 unspecified atom stereocenters. The molecule has 1 saturated heterocycles. The van der Waals surface area contributed by atoms with Crippen molar-refractivity contribution in [3.05, 3.63) is 0 Å². The number of likely N-dealkylation sites (tertiary alicyclic amines) is 1. The summed E-state index contributed by atoms with van der Waals surface area (Å²) in [5, 5.41) is 15.0. The third-order valence-electron chi connectivity index (χ3n) is 5.58. The Bertz CT molecular complexity index is 565. The number of nitrogens with one attached hydrogen (secondary N) is 2. The molecule has 3 N–H and O–H groups in total. The van der Waals surface area contributed by atoms with Crippen molar-refractivity contribution >= 4 is 24.3 Å². The number of amides is 5. The van der Waals surface area contributed by atoms with Gasteiger partial charge in [-0.05, 0) is 31.6 Å². The van der Waals surface area contributed by atoms with E-state index in [-0.39, 0.29) is 12.5 Å². The van der Waals surface area contributed by atoms with Gasteiger partial charge < -0.3 is 10.2 Å². The highest BCUT2D eigenvalue weighted by atomic mass is 16.5. The van der Waals surface area contributed by atoms with Gasteiger partial charge in [0.2, 0.25) is 12.3 Å². The topological polar surface area (TPSA) is 119 Å². The third-order valence-corrected chi connectivity index (χ3v) is 5.58. The predicted octanol–water partition coefficient (Wildman–Crippen LogP) is 1.26. The van der Waals surface area contributed by atoms with E-state index in [0.29, 0.717) is 49.7 Å². The van der Waals surface area contributed by atoms with Crippen molar-refractivity contribution in [3.63, 3.8) is 0 Å². The van der Waals surface area contributed by atoms with Crippen LogP contribution in [-0.2, 0) is 14.4 Å². The first-order chi connectivity index (χ1) is 13.5. The van der Waals surface area contributed by atoms with Crippen LogP contribution in [0.25, 0.3) is 0 Å². The standard InChI is InChI=1S/C19H32N4O5/c1-2-9-20-19(27)21-17(25)16-8-5-10-23(16)18(26)15(12-22(28)13-24)11-14-6-3-4-7-14/h13-16,28H,2-12H2,1H3,(H2,20,21,25,27)/t15-,16+/m1/s1. The number of hydrogen-bond acceptors (Lipinski definition) is 5. The molecule has 2 atom stereocenters. The lowest BCUT2D eigenvalue weighted by atomic mass is 9.91. The summed E-state index contributed by atoms with van der Waals surface area (Å²) in [6.45, 7) is 2.73. The van der Waals surface area contributed by atoms with Gasteiger partial charge in [-0.1, -0.05) is 32.6 Å². The summed E-state index contributed by atoms with van der Waals surface area (Å²) in [5.41, 5.74) is 0. The number of imide groups is 1. The van der Waals surface area contributed by atoms with Crippen LogP contribution in [0.2, 0.25) is 0 Å². The van der Waals surface area contributed by atoms with Crippen LogP contribution in [0.3, 0.4) is 0 Å². The molecule has 0 aromatic heterocycles. The molecule has 0 bridgehead atoms. The second-order valence-corrected chi connectivity index (χ2v) is 7.75. The van der Waals surface area contributed by atoms with Crippen molar-refractivity contribution in [3.8, 4) is 0 Å². The quantitative estimate of drug-likeness (QED) is 0.308. The maximum atomic E-state index is 13.1. The van der Waals surface area contributed by atoms with Crippen molar-refractivity contribution in [1.82, 2.24) is 20.6 Å². The van der Waals surface area contributed by atoms with Crippen LogP contribution in [0.15, 0.2) is 0 Å². The molecular formula is C19H32N4O5. The Labute approximate surface area is 165 Å². The molecule has 0 radical (unpaired) electrons. The van der Waals surface area contributed by atoms with Gasteiger partial charge in [0, 0.05) is 13.1 Å². The van der Waals surface area contributed by atoms with Crippen LogP contribution in [0, 0.1) is 11.8 Å². The normalized spacial score (nSPS) is 20.6. The molecule has 2 aliphatic rings. The highest BCUT2D eigenvalue weighted by molar-refractivity contribution is 5.99. The number of hydrogen-bond donors (Lipinski definition) is 3. The Balaban J connectivity index is 2.02. The van der Waals surface area contributed by atoms with Gasteiger partial charge in [-0.15, -0.1) is 0 Å². The number of nitrogens with zero attached hydrogens (tertiary/aromatic N) is 2. The molecule has 1 heterocycles. The lowest BCUT2D eigenvalue weighted by Gasteiger charge is -2.30. The number of carbonyl (C=O) groups is 4. The smallest absolute Gasteiger partial charge is 0.321 e. The predicted molar refractivity (Wildman–Crippen MR) is 101 cm³/mol. The van der Waals surface area contributed by atoms with E-state index in [1.54, 1.807) is 0 Å². The minimum atomic E-state index is -0.700. The molecule has 5 amide bonds. The molecule has 0 aromatic carbocycles. The van der Waals surface area contributed by atoms with Crippen molar-refractivity contribution in [2.75, 3.05) is 19.6 Å². The summed E-state index contributed by atoms with van der Waals surface area (Å²) in [6.07, 6.45) is 7.14. The van der Waals surface area contributed by atoms with Crippen molar-refractivity contribution in [2.45, 2.75) is 64.3 Å². The van der Waals surface area contributed by atoms with Gasteiger partial charge in [0.25, 0.3) is 5.91 Å². The summed E-state index contributed by atoms with van der Waals surface area (Å²) in [7, 11) is 0. The second kappa shape index (κ2) is 11.0. The van der Waals surface area contributed by atoms with E-state index in [1.165, 1.54) is 4.90 Å². The van der Waals surface area contributed by atoms with E-state index in [1.807, 2.05) is 6.92 Å². The number of rotatable bonds is 9. The molecule has 158 valence electrons. The molecule has 9 heteroatoms. The molecule has 2 fully saturated rings. The Morgan fingerprint density at radius 1 is 1.21 bits per heavy atom. The van der Waals surface area contributed by atoms with Crippen molar-refractivity contribution in [1.29, 1.82) is 0 Å². The van der Waals surface area contributed by atoms with Gasteiger partial charge in [0.1, 0.15) is 6.04 Å². The van der Waals surface area contributed by atoms with Crippen LogP contribution >= 0.6 is 0 Å². The fourth-order valence-corrected chi connectivity index (χ4v) is 4.19. The molecule has 0 aromatic rings. The van der Waals surface area contributed by atoms with Gasteiger partial charge in [0.05, 0.1) is 12.5 Å². The van der Waals surface area contributed by atoms with Crippen molar-refractivity contribution < 1.29 is 24.4 Å². The van der Waals surface area contributed by atoms with E-state index in [2.05, 4.69) is 10.6 Å². The Morgan fingerprint density at radius 3 is 2.57 bits per heavy atom. The number of carbonyl (C=O) groups excluding carboxylic acids is 4. The monoisotopic (exact) mass is 396 g/mol. The summed E-state index contributed by atoms with van der Waals surface area (Å²) < 4.78 is 0. The van der Waals surface area contributed by atoms with Crippen LogP contribution in [-0.4, -0.2) is 65.1 Å². The first-order valence-electron chi connectivity index (χ1n) is 10.3. The fraction of sp³-hybridized carbons (Fsp3) is 0.789. The van der Waals surface area contributed by atoms with Gasteiger partial charge in [-0.2, -0.15) is 0 Å². The van der Waals surface area contributed by atoms with E-state index in [9.17, 15) is 24.4 Å². The average molecular weight is 396 g/mol. The minimum Gasteiger partial charge on any atom is -0.338 e.